The van der Waals surface area contributed by atoms with Gasteiger partial charge in [-0.25, -0.2) is 4.98 Å². The fourth-order valence-corrected chi connectivity index (χ4v) is 5.92. The van der Waals surface area contributed by atoms with Crippen LogP contribution in [0.15, 0.2) is 115 Å². The minimum Gasteiger partial charge on any atom is -0.493 e. The fourth-order valence-electron chi connectivity index (χ4n) is 5.73. The Bertz CT molecular complexity index is 1960. The Labute approximate surface area is 328 Å². The Kier molecular flexibility index (Phi) is 14.6. The summed E-state index contributed by atoms with van der Waals surface area (Å²) in [7, 11) is 1.58. The van der Waals surface area contributed by atoms with Gasteiger partial charge in [-0.2, -0.15) is 0 Å². The summed E-state index contributed by atoms with van der Waals surface area (Å²) in [4.78, 5) is 21.7. The van der Waals surface area contributed by atoms with Crippen LogP contribution in [-0.2, 0) is 24.6 Å². The van der Waals surface area contributed by atoms with Gasteiger partial charge in [0.25, 0.3) is 0 Å². The average Bonchev–Trinajstić information content (AvgIpc) is 3.18. The Balaban J connectivity index is 0.00000561. The quantitative estimate of drug-likeness (QED) is 0.0976. The first-order chi connectivity index (χ1) is 25.8. The third-order valence-electron chi connectivity index (χ3n) is 8.60. The number of nitrogens with zero attached hydrogens (tertiary/aromatic N) is 3. The Morgan fingerprint density at radius 3 is 2.17 bits per heavy atom. The molecule has 5 aromatic rings. The SMILES string of the molecule is COc1cc(/C=C/C(=O)N2CCN(Cc3ccc(COc4ccc(OC(C)C)cc4)cc3)CC2)ccc1Oc1ccc(OCc2ccccc2Cl)cn1.Cl. The van der Waals surface area contributed by atoms with Gasteiger partial charge in [0.1, 0.15) is 30.5 Å². The number of hydrogen-bond acceptors (Lipinski definition) is 8. The van der Waals surface area contributed by atoms with Crippen molar-refractivity contribution in [3.63, 3.8) is 0 Å². The number of aromatic nitrogens is 1. The van der Waals surface area contributed by atoms with Crippen molar-refractivity contribution in [1.29, 1.82) is 0 Å². The van der Waals surface area contributed by atoms with Gasteiger partial charge in [0.2, 0.25) is 11.8 Å². The molecule has 6 rings (SSSR count). The van der Waals surface area contributed by atoms with E-state index in [1.807, 2.05) is 79.4 Å². The van der Waals surface area contributed by atoms with Gasteiger partial charge >= 0.3 is 0 Å². The minimum atomic E-state index is -0.0172. The smallest absolute Gasteiger partial charge is 0.246 e. The molecule has 0 aliphatic carbocycles. The molecule has 0 radical (unpaired) electrons. The molecule has 1 saturated heterocycles. The maximum atomic E-state index is 13.1. The summed E-state index contributed by atoms with van der Waals surface area (Å²) in [5, 5.41) is 0.654. The van der Waals surface area contributed by atoms with Crippen LogP contribution in [0.3, 0.4) is 0 Å². The second kappa shape index (κ2) is 19.7. The number of methoxy groups -OCH3 is 1. The molecule has 11 heteroatoms. The molecule has 1 aliphatic heterocycles. The van der Waals surface area contributed by atoms with Gasteiger partial charge in [0, 0.05) is 55.5 Å². The number of carbonyl (C=O) groups is 1. The number of pyridine rings is 1. The summed E-state index contributed by atoms with van der Waals surface area (Å²) in [5.41, 5.74) is 4.06. The first kappa shape index (κ1) is 40.0. The Morgan fingerprint density at radius 2 is 1.48 bits per heavy atom. The van der Waals surface area contributed by atoms with E-state index in [2.05, 4.69) is 34.1 Å². The molecule has 1 fully saturated rings. The highest BCUT2D eigenvalue weighted by atomic mass is 35.5. The lowest BCUT2D eigenvalue weighted by Gasteiger charge is -2.34. The summed E-state index contributed by atoms with van der Waals surface area (Å²) in [6.07, 6.45) is 5.15. The average molecular weight is 771 g/mol. The van der Waals surface area contributed by atoms with E-state index in [-0.39, 0.29) is 24.4 Å². The van der Waals surface area contributed by atoms with Gasteiger partial charge in [-0.1, -0.05) is 60.1 Å². The van der Waals surface area contributed by atoms with Crippen molar-refractivity contribution in [3.8, 4) is 34.6 Å². The first-order valence-electron chi connectivity index (χ1n) is 17.7. The van der Waals surface area contributed by atoms with Crippen LogP contribution in [-0.4, -0.2) is 60.1 Å². The molecule has 4 aromatic carbocycles. The van der Waals surface area contributed by atoms with Crippen molar-refractivity contribution in [1.82, 2.24) is 14.8 Å². The van der Waals surface area contributed by atoms with Gasteiger partial charge < -0.3 is 28.6 Å². The van der Waals surface area contributed by atoms with Crippen molar-refractivity contribution in [3.05, 3.63) is 143 Å². The molecule has 282 valence electrons. The molecule has 2 heterocycles. The zero-order chi connectivity index (χ0) is 37.0. The first-order valence-corrected chi connectivity index (χ1v) is 18.0. The molecule has 9 nitrogen and oxygen atoms in total. The normalized spacial score (nSPS) is 13.0. The molecular weight excluding hydrogens is 725 g/mol. The van der Waals surface area contributed by atoms with Gasteiger partial charge in [0.05, 0.1) is 19.4 Å². The standard InChI is InChI=1S/C43H44ClN3O6.ClH/c1-31(2)52-37-16-14-36(15-17-37)50-29-34-10-8-33(9-11-34)28-46-22-24-47(25-23-46)43(48)21-13-32-12-19-40(41(26-32)49-3)53-42-20-18-38(27-45-42)51-30-35-6-4-5-7-39(35)44;/h4-21,26-27,31H,22-25,28-30H2,1-3H3;1H/b21-13+;. The molecule has 0 bridgehead atoms. The third-order valence-corrected chi connectivity index (χ3v) is 8.96. The van der Waals surface area contributed by atoms with Gasteiger partial charge in [-0.05, 0) is 85.1 Å². The topological polar surface area (TPSA) is 82.6 Å². The lowest BCUT2D eigenvalue weighted by atomic mass is 10.1. The second-order valence-corrected chi connectivity index (χ2v) is 13.3. The number of halogens is 2. The molecule has 0 unspecified atom stereocenters. The van der Waals surface area contributed by atoms with Crippen LogP contribution in [0.4, 0.5) is 0 Å². The van der Waals surface area contributed by atoms with E-state index in [1.165, 1.54) is 5.56 Å². The summed E-state index contributed by atoms with van der Waals surface area (Å²) < 4.78 is 29.0. The largest absolute Gasteiger partial charge is 0.493 e. The van der Waals surface area contributed by atoms with Gasteiger partial charge in [0.15, 0.2) is 11.5 Å². The van der Waals surface area contributed by atoms with E-state index in [4.69, 9.17) is 35.3 Å². The maximum absolute atomic E-state index is 13.1. The van der Waals surface area contributed by atoms with E-state index in [0.717, 1.165) is 47.8 Å². The molecule has 54 heavy (non-hydrogen) atoms. The lowest BCUT2D eigenvalue weighted by Crippen LogP contribution is -2.47. The summed E-state index contributed by atoms with van der Waals surface area (Å²) in [6, 6.07) is 32.8. The van der Waals surface area contributed by atoms with Crippen LogP contribution in [0.1, 0.15) is 36.1 Å². The van der Waals surface area contributed by atoms with E-state index >= 15 is 0 Å². The van der Waals surface area contributed by atoms with E-state index in [0.29, 0.717) is 54.5 Å². The predicted molar refractivity (Wildman–Crippen MR) is 214 cm³/mol. The van der Waals surface area contributed by atoms with Gasteiger partial charge in [-0.15, -0.1) is 12.4 Å². The predicted octanol–water partition coefficient (Wildman–Crippen LogP) is 9.26. The summed E-state index contributed by atoms with van der Waals surface area (Å²) in [6.45, 7) is 8.64. The van der Waals surface area contributed by atoms with E-state index < -0.39 is 0 Å². The van der Waals surface area contributed by atoms with Crippen molar-refractivity contribution in [2.45, 2.75) is 39.7 Å². The van der Waals surface area contributed by atoms with Crippen LogP contribution in [0, 0.1) is 0 Å². The minimum absolute atomic E-state index is 0. The molecular formula is C43H45Cl2N3O6. The van der Waals surface area contributed by atoms with Crippen molar-refractivity contribution < 1.29 is 28.5 Å². The van der Waals surface area contributed by atoms with Crippen molar-refractivity contribution in [2.75, 3.05) is 33.3 Å². The number of benzene rings is 4. The number of rotatable bonds is 15. The molecule has 1 aromatic heterocycles. The monoisotopic (exact) mass is 769 g/mol. The summed E-state index contributed by atoms with van der Waals surface area (Å²) >= 11 is 6.22. The highest BCUT2D eigenvalue weighted by Crippen LogP contribution is 2.32. The molecule has 0 saturated carbocycles. The summed E-state index contributed by atoms with van der Waals surface area (Å²) in [5.74, 6) is 3.65. The molecule has 1 amide bonds. The Hall–Kier alpha value is -5.22. The van der Waals surface area contributed by atoms with Crippen molar-refractivity contribution >= 4 is 36.0 Å². The lowest BCUT2D eigenvalue weighted by molar-refractivity contribution is -0.127. The zero-order valence-corrected chi connectivity index (χ0v) is 32.2. The van der Waals surface area contributed by atoms with Crippen LogP contribution < -0.4 is 23.7 Å². The van der Waals surface area contributed by atoms with Crippen LogP contribution in [0.2, 0.25) is 5.02 Å². The zero-order valence-electron chi connectivity index (χ0n) is 30.7. The highest BCUT2D eigenvalue weighted by Gasteiger charge is 2.20. The molecule has 0 atom stereocenters. The third kappa shape index (κ3) is 11.6. The van der Waals surface area contributed by atoms with E-state index in [9.17, 15) is 4.79 Å². The molecule has 1 aliphatic rings. The van der Waals surface area contributed by atoms with Crippen LogP contribution >= 0.6 is 24.0 Å². The Morgan fingerprint density at radius 1 is 0.796 bits per heavy atom. The second-order valence-electron chi connectivity index (χ2n) is 12.9. The number of hydrogen-bond donors (Lipinski definition) is 0. The molecule has 0 spiro atoms. The number of amides is 1. The molecule has 0 N–H and O–H groups in total. The van der Waals surface area contributed by atoms with Crippen LogP contribution in [0.5, 0.6) is 34.6 Å². The highest BCUT2D eigenvalue weighted by molar-refractivity contribution is 6.31. The van der Waals surface area contributed by atoms with E-state index in [1.54, 1.807) is 43.7 Å². The maximum Gasteiger partial charge on any atom is 0.246 e. The number of carbonyl (C=O) groups excluding carboxylic acids is 1. The van der Waals surface area contributed by atoms with Crippen LogP contribution in [0.25, 0.3) is 6.08 Å². The fraction of sp³-hybridized carbons (Fsp3) is 0.256. The number of piperazine rings is 1. The number of ether oxygens (including phenoxy) is 5. The van der Waals surface area contributed by atoms with Crippen molar-refractivity contribution in [2.24, 2.45) is 0 Å². The van der Waals surface area contributed by atoms with Gasteiger partial charge in [-0.3, -0.25) is 9.69 Å².